The molecule has 0 aliphatic carbocycles. The molecular weight excluding hydrogens is 192 g/mol. The zero-order valence-corrected chi connectivity index (χ0v) is 7.23. The molecule has 66 valence electrons. The van der Waals surface area contributed by atoms with Gasteiger partial charge in [-0.3, -0.25) is 0 Å². The van der Waals surface area contributed by atoms with Gasteiger partial charge in [0, 0.05) is 5.02 Å². The van der Waals surface area contributed by atoms with E-state index in [1.54, 1.807) is 24.3 Å². The number of rotatable bonds is 1. The second-order valence-corrected chi connectivity index (χ2v) is 2.83. The van der Waals surface area contributed by atoms with Crippen LogP contribution in [0.2, 0.25) is 5.02 Å². The molecule has 2 aromatic rings. The normalized spacial score (nSPS) is 10.2. The number of halogens is 1. The summed E-state index contributed by atoms with van der Waals surface area (Å²) in [4.78, 5) is 11.0. The summed E-state index contributed by atoms with van der Waals surface area (Å²) in [6.45, 7) is 0. The minimum absolute atomic E-state index is 0.512. The first-order valence-electron chi connectivity index (χ1n) is 3.56. The standard InChI is InChI=1S/C8H5ClN2O2/c9-6-1-3-7(4-2-6)11-8(12)13-5-10-11/h1-5H. The first kappa shape index (κ1) is 8.07. The van der Waals surface area contributed by atoms with Gasteiger partial charge >= 0.3 is 5.76 Å². The predicted octanol–water partition coefficient (Wildman–Crippen LogP) is 1.48. The lowest BCUT2D eigenvalue weighted by Gasteiger charge is -1.96. The Bertz CT molecular complexity index is 457. The van der Waals surface area contributed by atoms with Crippen molar-refractivity contribution >= 4 is 11.6 Å². The lowest BCUT2D eigenvalue weighted by molar-refractivity contribution is 0.504. The van der Waals surface area contributed by atoms with E-state index in [1.165, 1.54) is 0 Å². The molecule has 0 saturated carbocycles. The molecule has 2 rings (SSSR count). The van der Waals surface area contributed by atoms with Gasteiger partial charge in [-0.25, -0.2) is 4.79 Å². The minimum atomic E-state index is -0.512. The van der Waals surface area contributed by atoms with Crippen molar-refractivity contribution in [3.63, 3.8) is 0 Å². The van der Waals surface area contributed by atoms with Crippen LogP contribution >= 0.6 is 11.6 Å². The molecule has 0 bridgehead atoms. The molecule has 0 N–H and O–H groups in total. The van der Waals surface area contributed by atoms with Crippen LogP contribution in [0.1, 0.15) is 0 Å². The third-order valence-corrected chi connectivity index (χ3v) is 1.81. The van der Waals surface area contributed by atoms with Gasteiger partial charge in [0.2, 0.25) is 6.39 Å². The monoisotopic (exact) mass is 196 g/mol. The third kappa shape index (κ3) is 1.48. The van der Waals surface area contributed by atoms with Crippen molar-refractivity contribution in [3.05, 3.63) is 46.2 Å². The quantitative estimate of drug-likeness (QED) is 0.694. The number of benzene rings is 1. The van der Waals surface area contributed by atoms with Crippen molar-refractivity contribution in [2.45, 2.75) is 0 Å². The largest absolute Gasteiger partial charge is 0.441 e. The fraction of sp³-hybridized carbons (Fsp3) is 0. The Hall–Kier alpha value is -1.55. The molecule has 0 atom stereocenters. The Morgan fingerprint density at radius 1 is 1.31 bits per heavy atom. The van der Waals surface area contributed by atoms with Crippen molar-refractivity contribution in [1.82, 2.24) is 9.78 Å². The van der Waals surface area contributed by atoms with Gasteiger partial charge in [-0.05, 0) is 24.3 Å². The van der Waals surface area contributed by atoms with Crippen molar-refractivity contribution in [2.75, 3.05) is 0 Å². The molecule has 0 unspecified atom stereocenters. The summed E-state index contributed by atoms with van der Waals surface area (Å²) in [7, 11) is 0. The van der Waals surface area contributed by atoms with Crippen LogP contribution in [0.3, 0.4) is 0 Å². The van der Waals surface area contributed by atoms with E-state index in [4.69, 9.17) is 11.6 Å². The van der Waals surface area contributed by atoms with Crippen LogP contribution < -0.4 is 5.76 Å². The summed E-state index contributed by atoms with van der Waals surface area (Å²) < 4.78 is 5.66. The van der Waals surface area contributed by atoms with Gasteiger partial charge in [0.05, 0.1) is 5.69 Å². The zero-order valence-electron chi connectivity index (χ0n) is 6.48. The Morgan fingerprint density at radius 2 is 2.00 bits per heavy atom. The van der Waals surface area contributed by atoms with E-state index >= 15 is 0 Å². The Labute approximate surface area is 78.4 Å². The fourth-order valence-corrected chi connectivity index (χ4v) is 1.09. The van der Waals surface area contributed by atoms with E-state index in [0.717, 1.165) is 11.1 Å². The zero-order chi connectivity index (χ0) is 9.26. The van der Waals surface area contributed by atoms with Gasteiger partial charge in [-0.2, -0.15) is 4.68 Å². The molecule has 0 spiro atoms. The average molecular weight is 197 g/mol. The van der Waals surface area contributed by atoms with E-state index in [9.17, 15) is 4.79 Å². The van der Waals surface area contributed by atoms with Crippen molar-refractivity contribution in [1.29, 1.82) is 0 Å². The first-order chi connectivity index (χ1) is 6.27. The highest BCUT2D eigenvalue weighted by Gasteiger charge is 2.01. The summed E-state index contributed by atoms with van der Waals surface area (Å²) in [5, 5.41) is 4.32. The molecule has 1 aromatic heterocycles. The lowest BCUT2D eigenvalue weighted by Crippen LogP contribution is -2.12. The highest BCUT2D eigenvalue weighted by atomic mass is 35.5. The number of hydrogen-bond donors (Lipinski definition) is 0. The lowest BCUT2D eigenvalue weighted by atomic mass is 10.3. The van der Waals surface area contributed by atoms with Gasteiger partial charge in [0.1, 0.15) is 0 Å². The van der Waals surface area contributed by atoms with E-state index in [2.05, 4.69) is 9.52 Å². The maximum Gasteiger partial charge on any atom is 0.441 e. The van der Waals surface area contributed by atoms with E-state index in [1.807, 2.05) is 0 Å². The Morgan fingerprint density at radius 3 is 2.54 bits per heavy atom. The summed E-state index contributed by atoms with van der Waals surface area (Å²) in [6.07, 6.45) is 1.09. The van der Waals surface area contributed by atoms with E-state index in [-0.39, 0.29) is 0 Å². The Kier molecular flexibility index (Phi) is 1.90. The SMILES string of the molecule is O=c1ocnn1-c1ccc(Cl)cc1. The van der Waals surface area contributed by atoms with Crippen molar-refractivity contribution < 1.29 is 4.42 Å². The number of hydrogen-bond acceptors (Lipinski definition) is 3. The number of nitrogens with zero attached hydrogens (tertiary/aromatic N) is 2. The van der Waals surface area contributed by atoms with Crippen LogP contribution in [0.5, 0.6) is 0 Å². The van der Waals surface area contributed by atoms with Crippen molar-refractivity contribution in [2.24, 2.45) is 0 Å². The molecule has 0 aliphatic heterocycles. The molecule has 4 nitrogen and oxygen atoms in total. The second-order valence-electron chi connectivity index (χ2n) is 2.39. The topological polar surface area (TPSA) is 48.0 Å². The molecule has 0 saturated heterocycles. The van der Waals surface area contributed by atoms with Gasteiger partial charge in [-0.1, -0.05) is 11.6 Å². The first-order valence-corrected chi connectivity index (χ1v) is 3.94. The van der Waals surface area contributed by atoms with Crippen LogP contribution in [-0.4, -0.2) is 9.78 Å². The van der Waals surface area contributed by atoms with Crippen LogP contribution in [0, 0.1) is 0 Å². The van der Waals surface area contributed by atoms with Crippen LogP contribution in [-0.2, 0) is 0 Å². The molecule has 5 heteroatoms. The minimum Gasteiger partial charge on any atom is -0.395 e. The molecule has 0 amide bonds. The van der Waals surface area contributed by atoms with Crippen LogP contribution in [0.15, 0.2) is 39.9 Å². The van der Waals surface area contributed by atoms with Gasteiger partial charge in [-0.15, -0.1) is 5.10 Å². The van der Waals surface area contributed by atoms with Gasteiger partial charge < -0.3 is 4.42 Å². The number of aromatic nitrogens is 2. The van der Waals surface area contributed by atoms with E-state index < -0.39 is 5.76 Å². The summed E-state index contributed by atoms with van der Waals surface area (Å²) in [5.41, 5.74) is 0.628. The van der Waals surface area contributed by atoms with Gasteiger partial charge in [0.15, 0.2) is 0 Å². The molecule has 0 aliphatic rings. The molecule has 1 heterocycles. The summed E-state index contributed by atoms with van der Waals surface area (Å²) in [6, 6.07) is 6.73. The van der Waals surface area contributed by atoms with E-state index in [0.29, 0.717) is 10.7 Å². The molecule has 0 fully saturated rings. The fourth-order valence-electron chi connectivity index (χ4n) is 0.967. The Balaban J connectivity index is 2.54. The average Bonchev–Trinajstić information content (AvgIpc) is 2.53. The van der Waals surface area contributed by atoms with Crippen LogP contribution in [0.25, 0.3) is 5.69 Å². The molecular formula is C8H5ClN2O2. The maximum atomic E-state index is 11.0. The smallest absolute Gasteiger partial charge is 0.395 e. The van der Waals surface area contributed by atoms with Crippen LogP contribution in [0.4, 0.5) is 0 Å². The maximum absolute atomic E-state index is 11.0. The van der Waals surface area contributed by atoms with Gasteiger partial charge in [0.25, 0.3) is 0 Å². The summed E-state index contributed by atoms with van der Waals surface area (Å²) >= 11 is 5.68. The second kappa shape index (κ2) is 3.06. The highest BCUT2D eigenvalue weighted by molar-refractivity contribution is 6.30. The molecule has 13 heavy (non-hydrogen) atoms. The van der Waals surface area contributed by atoms with Crippen molar-refractivity contribution in [3.8, 4) is 5.69 Å². The highest BCUT2D eigenvalue weighted by Crippen LogP contribution is 2.10. The molecule has 0 radical (unpaired) electrons. The predicted molar refractivity (Wildman–Crippen MR) is 47.1 cm³/mol. The summed E-state index contributed by atoms with van der Waals surface area (Å²) in [5.74, 6) is -0.512. The molecule has 1 aromatic carbocycles. The third-order valence-electron chi connectivity index (χ3n) is 1.56.